The second kappa shape index (κ2) is 6.93. The lowest BCUT2D eigenvalue weighted by Crippen LogP contribution is -2.17. The smallest absolute Gasteiger partial charge is 0.230 e. The van der Waals surface area contributed by atoms with Gasteiger partial charge in [0, 0.05) is 35.2 Å². The van der Waals surface area contributed by atoms with Crippen LogP contribution in [0.5, 0.6) is 0 Å². The topological polar surface area (TPSA) is 51.9 Å². The number of carbonyl (C=O) groups is 1. The SMILES string of the molecule is Cc1cc(NC(=O)Cc2cn(C)c3ccccc23)n(-c2cccc(Cl)c2)n1. The predicted molar refractivity (Wildman–Crippen MR) is 109 cm³/mol. The van der Waals surface area contributed by atoms with Crippen LogP contribution in [0.2, 0.25) is 5.02 Å². The van der Waals surface area contributed by atoms with Crippen LogP contribution < -0.4 is 5.32 Å². The number of aryl methyl sites for hydroxylation is 2. The summed E-state index contributed by atoms with van der Waals surface area (Å²) >= 11 is 6.09. The molecule has 0 fully saturated rings. The van der Waals surface area contributed by atoms with Gasteiger partial charge in [0.2, 0.25) is 5.91 Å². The normalized spacial score (nSPS) is 11.1. The second-order valence-electron chi connectivity index (χ2n) is 6.57. The number of benzene rings is 2. The van der Waals surface area contributed by atoms with Crippen LogP contribution in [0.25, 0.3) is 16.6 Å². The Kier molecular flexibility index (Phi) is 4.46. The fourth-order valence-corrected chi connectivity index (χ4v) is 3.50. The third kappa shape index (κ3) is 3.46. The summed E-state index contributed by atoms with van der Waals surface area (Å²) in [4.78, 5) is 12.7. The van der Waals surface area contributed by atoms with E-state index in [-0.39, 0.29) is 5.91 Å². The van der Waals surface area contributed by atoms with Crippen molar-refractivity contribution >= 4 is 34.2 Å². The molecule has 0 spiro atoms. The zero-order valence-electron chi connectivity index (χ0n) is 15.1. The standard InChI is InChI=1S/C21H19ClN4O/c1-14-10-20(26(24-14)17-7-5-6-16(22)12-17)23-21(27)11-15-13-25(2)19-9-4-3-8-18(15)19/h3-10,12-13H,11H2,1-2H3,(H,23,27). The summed E-state index contributed by atoms with van der Waals surface area (Å²) in [6, 6.07) is 17.3. The molecular weight excluding hydrogens is 360 g/mol. The summed E-state index contributed by atoms with van der Waals surface area (Å²) in [6.07, 6.45) is 2.30. The molecule has 0 unspecified atom stereocenters. The summed E-state index contributed by atoms with van der Waals surface area (Å²) in [5.41, 5.74) is 3.72. The largest absolute Gasteiger partial charge is 0.350 e. The van der Waals surface area contributed by atoms with Gasteiger partial charge in [0.25, 0.3) is 0 Å². The number of anilines is 1. The van der Waals surface area contributed by atoms with Crippen molar-refractivity contribution in [3.63, 3.8) is 0 Å². The van der Waals surface area contributed by atoms with Crippen LogP contribution in [-0.2, 0) is 18.3 Å². The van der Waals surface area contributed by atoms with Crippen molar-refractivity contribution < 1.29 is 4.79 Å². The van der Waals surface area contributed by atoms with Gasteiger partial charge in [-0.05, 0) is 36.8 Å². The van der Waals surface area contributed by atoms with Gasteiger partial charge in [-0.15, -0.1) is 0 Å². The molecule has 0 aliphatic rings. The van der Waals surface area contributed by atoms with Gasteiger partial charge >= 0.3 is 0 Å². The average Bonchev–Trinajstić information content (AvgIpc) is 3.15. The van der Waals surface area contributed by atoms with Gasteiger partial charge in [0.15, 0.2) is 0 Å². The lowest BCUT2D eigenvalue weighted by atomic mass is 10.1. The molecule has 1 amide bonds. The Morgan fingerprint density at radius 2 is 1.96 bits per heavy atom. The van der Waals surface area contributed by atoms with Crippen molar-refractivity contribution in [2.45, 2.75) is 13.3 Å². The highest BCUT2D eigenvalue weighted by Crippen LogP contribution is 2.23. The Morgan fingerprint density at radius 1 is 1.15 bits per heavy atom. The monoisotopic (exact) mass is 378 g/mol. The van der Waals surface area contributed by atoms with E-state index in [4.69, 9.17) is 11.6 Å². The first-order chi connectivity index (χ1) is 13.0. The van der Waals surface area contributed by atoms with E-state index in [1.165, 1.54) is 0 Å². The summed E-state index contributed by atoms with van der Waals surface area (Å²) in [5.74, 6) is 0.537. The molecule has 0 aliphatic carbocycles. The van der Waals surface area contributed by atoms with Gasteiger partial charge in [-0.25, -0.2) is 4.68 Å². The number of fused-ring (bicyclic) bond motifs is 1. The fourth-order valence-electron chi connectivity index (χ4n) is 3.32. The number of hydrogen-bond acceptors (Lipinski definition) is 2. The minimum Gasteiger partial charge on any atom is -0.350 e. The molecule has 6 heteroatoms. The van der Waals surface area contributed by atoms with E-state index in [0.29, 0.717) is 17.3 Å². The van der Waals surface area contributed by atoms with Crippen molar-refractivity contribution in [3.05, 3.63) is 77.1 Å². The van der Waals surface area contributed by atoms with Crippen LogP contribution in [0.3, 0.4) is 0 Å². The van der Waals surface area contributed by atoms with Crippen LogP contribution in [0, 0.1) is 6.92 Å². The van der Waals surface area contributed by atoms with Crippen molar-refractivity contribution in [3.8, 4) is 5.69 Å². The number of halogens is 1. The Morgan fingerprint density at radius 3 is 2.78 bits per heavy atom. The molecule has 0 radical (unpaired) electrons. The van der Waals surface area contributed by atoms with Crippen LogP contribution in [0.4, 0.5) is 5.82 Å². The molecule has 27 heavy (non-hydrogen) atoms. The van der Waals surface area contributed by atoms with E-state index in [0.717, 1.165) is 27.8 Å². The van der Waals surface area contributed by atoms with Crippen LogP contribution in [0.15, 0.2) is 60.8 Å². The molecule has 0 bridgehead atoms. The Bertz CT molecular complexity index is 1140. The molecule has 136 valence electrons. The number of para-hydroxylation sites is 1. The Hall–Kier alpha value is -3.05. The van der Waals surface area contributed by atoms with E-state index < -0.39 is 0 Å². The predicted octanol–water partition coefficient (Wildman–Crippen LogP) is 4.51. The van der Waals surface area contributed by atoms with Crippen LogP contribution in [0.1, 0.15) is 11.3 Å². The zero-order valence-corrected chi connectivity index (χ0v) is 15.9. The first-order valence-electron chi connectivity index (χ1n) is 8.66. The van der Waals surface area contributed by atoms with E-state index in [1.54, 1.807) is 10.7 Å². The number of aromatic nitrogens is 3. The van der Waals surface area contributed by atoms with Crippen LogP contribution >= 0.6 is 11.6 Å². The molecule has 0 saturated heterocycles. The number of amides is 1. The molecule has 0 aliphatic heterocycles. The Balaban J connectivity index is 1.60. The fraction of sp³-hybridized carbons (Fsp3) is 0.143. The minimum absolute atomic E-state index is 0.0884. The van der Waals surface area contributed by atoms with Gasteiger partial charge < -0.3 is 9.88 Å². The van der Waals surface area contributed by atoms with E-state index >= 15 is 0 Å². The van der Waals surface area contributed by atoms with Gasteiger partial charge in [0.05, 0.1) is 17.8 Å². The molecule has 4 rings (SSSR count). The average molecular weight is 379 g/mol. The van der Waals surface area contributed by atoms with Crippen molar-refractivity contribution in [2.24, 2.45) is 7.05 Å². The maximum atomic E-state index is 12.7. The second-order valence-corrected chi connectivity index (χ2v) is 7.01. The molecule has 2 aromatic heterocycles. The zero-order chi connectivity index (χ0) is 19.0. The van der Waals surface area contributed by atoms with Gasteiger partial charge in [-0.1, -0.05) is 35.9 Å². The molecule has 0 atom stereocenters. The highest BCUT2D eigenvalue weighted by atomic mass is 35.5. The van der Waals surface area contributed by atoms with Crippen molar-refractivity contribution in [2.75, 3.05) is 5.32 Å². The first-order valence-corrected chi connectivity index (χ1v) is 9.04. The highest BCUT2D eigenvalue weighted by Gasteiger charge is 2.14. The van der Waals surface area contributed by atoms with Crippen LogP contribution in [-0.4, -0.2) is 20.3 Å². The number of hydrogen-bond donors (Lipinski definition) is 1. The minimum atomic E-state index is -0.0884. The molecule has 0 saturated carbocycles. The summed E-state index contributed by atoms with van der Waals surface area (Å²) in [6.45, 7) is 1.89. The molecule has 2 aromatic carbocycles. The van der Waals surface area contributed by atoms with E-state index in [2.05, 4.69) is 10.4 Å². The quantitative estimate of drug-likeness (QED) is 0.568. The number of rotatable bonds is 4. The number of carbonyl (C=O) groups excluding carboxylic acids is 1. The summed E-state index contributed by atoms with van der Waals surface area (Å²) in [7, 11) is 1.99. The maximum Gasteiger partial charge on any atom is 0.230 e. The maximum absolute atomic E-state index is 12.7. The van der Waals surface area contributed by atoms with Gasteiger partial charge in [0.1, 0.15) is 5.82 Å². The molecular formula is C21H19ClN4O. The van der Waals surface area contributed by atoms with Gasteiger partial charge in [-0.2, -0.15) is 5.10 Å². The van der Waals surface area contributed by atoms with Crippen molar-refractivity contribution in [1.82, 2.24) is 14.3 Å². The third-order valence-corrected chi connectivity index (χ3v) is 4.72. The highest BCUT2D eigenvalue weighted by molar-refractivity contribution is 6.30. The van der Waals surface area contributed by atoms with E-state index in [1.807, 2.05) is 73.3 Å². The summed E-state index contributed by atoms with van der Waals surface area (Å²) < 4.78 is 3.74. The van der Waals surface area contributed by atoms with Gasteiger partial charge in [-0.3, -0.25) is 4.79 Å². The van der Waals surface area contributed by atoms with Crippen molar-refractivity contribution in [1.29, 1.82) is 0 Å². The first kappa shape index (κ1) is 17.4. The molecule has 2 heterocycles. The number of nitrogens with zero attached hydrogens (tertiary/aromatic N) is 3. The Labute approximate surface area is 162 Å². The van der Waals surface area contributed by atoms with E-state index in [9.17, 15) is 4.79 Å². The third-order valence-electron chi connectivity index (χ3n) is 4.48. The molecule has 1 N–H and O–H groups in total. The lowest BCUT2D eigenvalue weighted by Gasteiger charge is -2.09. The lowest BCUT2D eigenvalue weighted by molar-refractivity contribution is -0.115. The molecule has 4 aromatic rings. The molecule has 5 nitrogen and oxygen atoms in total. The number of nitrogens with one attached hydrogen (secondary N) is 1. The summed E-state index contributed by atoms with van der Waals surface area (Å²) in [5, 5.41) is 9.17.